The van der Waals surface area contributed by atoms with Gasteiger partial charge in [-0.1, -0.05) is 20.3 Å². The smallest absolute Gasteiger partial charge is 0.381 e. The van der Waals surface area contributed by atoms with Crippen molar-refractivity contribution >= 4 is 11.9 Å². The number of hydrogen-bond acceptors (Lipinski definition) is 6. The van der Waals surface area contributed by atoms with Crippen molar-refractivity contribution in [2.45, 2.75) is 45.3 Å². The minimum Gasteiger partial charge on any atom is -0.381 e. The average Bonchev–Trinajstić information content (AvgIpc) is 2.24. The molecule has 0 aliphatic heterocycles. The van der Waals surface area contributed by atoms with Gasteiger partial charge in [-0.25, -0.2) is 19.4 Å². The maximum absolute atomic E-state index is 10.9. The van der Waals surface area contributed by atoms with E-state index in [1.165, 1.54) is 0 Å². The molecule has 0 aromatic heterocycles. The summed E-state index contributed by atoms with van der Waals surface area (Å²) in [4.78, 5) is 29.8. The molecule has 0 amide bonds. The van der Waals surface area contributed by atoms with Gasteiger partial charge in [0.2, 0.25) is 0 Å². The maximum Gasteiger partial charge on any atom is 0.383 e. The van der Waals surface area contributed by atoms with Crippen LogP contribution in [0.1, 0.15) is 33.1 Å². The lowest BCUT2D eigenvalue weighted by molar-refractivity contribution is -0.269. The Balaban J connectivity index is 3.85. The van der Waals surface area contributed by atoms with Crippen LogP contribution in [0.4, 0.5) is 0 Å². The van der Waals surface area contributed by atoms with E-state index in [1.807, 2.05) is 0 Å². The highest BCUT2D eigenvalue weighted by Gasteiger charge is 2.21. The first-order valence-electron chi connectivity index (χ1n) is 4.81. The lowest BCUT2D eigenvalue weighted by atomic mass is 10.2. The molecule has 0 fully saturated rings. The van der Waals surface area contributed by atoms with Crippen LogP contribution in [0.25, 0.3) is 0 Å². The van der Waals surface area contributed by atoms with E-state index in [-0.39, 0.29) is 12.8 Å². The third kappa shape index (κ3) is 5.34. The summed E-state index contributed by atoms with van der Waals surface area (Å²) in [6, 6.07) is 0. The van der Waals surface area contributed by atoms with Crippen LogP contribution in [-0.2, 0) is 19.4 Å². The molecule has 6 heteroatoms. The van der Waals surface area contributed by atoms with Crippen molar-refractivity contribution in [2.75, 3.05) is 0 Å². The van der Waals surface area contributed by atoms with E-state index in [9.17, 15) is 9.59 Å². The molecule has 0 aromatic carbocycles. The Bertz CT molecular complexity index is 215. The Morgan fingerprint density at radius 2 is 1.53 bits per heavy atom. The molecule has 0 radical (unpaired) electrons. The fraction of sp³-hybridized carbons (Fsp3) is 0.778. The van der Waals surface area contributed by atoms with E-state index in [2.05, 4.69) is 9.78 Å². The molecule has 6 nitrogen and oxygen atoms in total. The lowest BCUT2D eigenvalue weighted by Gasteiger charge is -2.09. The van der Waals surface area contributed by atoms with Gasteiger partial charge < -0.3 is 10.2 Å². The number of carbonyl (C=O) groups excluding carboxylic acids is 2. The minimum atomic E-state index is -1.32. The average molecular weight is 220 g/mol. The first-order chi connectivity index (χ1) is 7.02. The van der Waals surface area contributed by atoms with E-state index in [0.717, 1.165) is 0 Å². The fourth-order valence-electron chi connectivity index (χ4n) is 0.751. The fourth-order valence-corrected chi connectivity index (χ4v) is 0.751. The first-order valence-corrected chi connectivity index (χ1v) is 4.81. The molecule has 0 aliphatic rings. The van der Waals surface area contributed by atoms with Crippen LogP contribution in [0.15, 0.2) is 0 Å². The van der Waals surface area contributed by atoms with Gasteiger partial charge in [0.1, 0.15) is 0 Å². The Kier molecular flexibility index (Phi) is 6.64. The number of rotatable bonds is 5. The van der Waals surface area contributed by atoms with Gasteiger partial charge in [0.15, 0.2) is 12.2 Å². The van der Waals surface area contributed by atoms with Gasteiger partial charge in [-0.3, -0.25) is 0 Å². The SMILES string of the molecule is CCCC(O)C(=O)OOC(=O)C(O)CC. The highest BCUT2D eigenvalue weighted by Crippen LogP contribution is 2.01. The monoisotopic (exact) mass is 220 g/mol. The molecular weight excluding hydrogens is 204 g/mol. The summed E-state index contributed by atoms with van der Waals surface area (Å²) in [7, 11) is 0. The quantitative estimate of drug-likeness (QED) is 0.497. The van der Waals surface area contributed by atoms with Crippen molar-refractivity contribution in [3.8, 4) is 0 Å². The van der Waals surface area contributed by atoms with Crippen molar-refractivity contribution in [3.05, 3.63) is 0 Å². The summed E-state index contributed by atoms with van der Waals surface area (Å²) < 4.78 is 0. The van der Waals surface area contributed by atoms with Crippen LogP contribution in [0, 0.1) is 0 Å². The molecule has 0 aromatic rings. The predicted octanol–water partition coefficient (Wildman–Crippen LogP) is -0.0803. The van der Waals surface area contributed by atoms with Crippen molar-refractivity contribution in [3.63, 3.8) is 0 Å². The molecule has 0 rings (SSSR count). The van der Waals surface area contributed by atoms with Gasteiger partial charge in [0.05, 0.1) is 0 Å². The summed E-state index contributed by atoms with van der Waals surface area (Å²) in [5.41, 5.74) is 0. The predicted molar refractivity (Wildman–Crippen MR) is 49.4 cm³/mol. The zero-order valence-electron chi connectivity index (χ0n) is 8.80. The molecule has 0 aliphatic carbocycles. The van der Waals surface area contributed by atoms with E-state index >= 15 is 0 Å². The highest BCUT2D eigenvalue weighted by atomic mass is 17.2. The molecule has 2 N–H and O–H groups in total. The third-order valence-corrected chi connectivity index (χ3v) is 1.70. The van der Waals surface area contributed by atoms with Crippen LogP contribution in [0.5, 0.6) is 0 Å². The molecule has 0 heterocycles. The zero-order chi connectivity index (χ0) is 11.8. The van der Waals surface area contributed by atoms with Crippen molar-refractivity contribution in [1.29, 1.82) is 0 Å². The molecule has 2 atom stereocenters. The summed E-state index contributed by atoms with van der Waals surface area (Å²) >= 11 is 0. The molecule has 88 valence electrons. The van der Waals surface area contributed by atoms with Crippen molar-refractivity contribution in [1.82, 2.24) is 0 Å². The van der Waals surface area contributed by atoms with Gasteiger partial charge in [-0.2, -0.15) is 0 Å². The lowest BCUT2D eigenvalue weighted by Crippen LogP contribution is -2.28. The summed E-state index contributed by atoms with van der Waals surface area (Å²) in [5, 5.41) is 18.1. The van der Waals surface area contributed by atoms with Gasteiger partial charge in [-0.15, -0.1) is 0 Å². The van der Waals surface area contributed by atoms with E-state index in [1.54, 1.807) is 13.8 Å². The molecule has 0 spiro atoms. The third-order valence-electron chi connectivity index (χ3n) is 1.70. The second kappa shape index (κ2) is 7.19. The van der Waals surface area contributed by atoms with Crippen LogP contribution in [0.3, 0.4) is 0 Å². The van der Waals surface area contributed by atoms with Crippen LogP contribution in [-0.4, -0.2) is 34.4 Å². The van der Waals surface area contributed by atoms with Gasteiger partial charge in [0.25, 0.3) is 0 Å². The molecule has 0 bridgehead atoms. The number of carbonyl (C=O) groups is 2. The Morgan fingerprint density at radius 3 is 1.93 bits per heavy atom. The second-order valence-corrected chi connectivity index (χ2v) is 3.03. The van der Waals surface area contributed by atoms with Crippen molar-refractivity contribution in [2.24, 2.45) is 0 Å². The maximum atomic E-state index is 10.9. The Hall–Kier alpha value is -1.14. The van der Waals surface area contributed by atoms with Gasteiger partial charge in [-0.05, 0) is 12.8 Å². The molecule has 0 saturated carbocycles. The molecule has 0 saturated heterocycles. The Labute approximate surface area is 87.7 Å². The molecular formula is C9H16O6. The summed E-state index contributed by atoms with van der Waals surface area (Å²) in [6.07, 6.45) is -1.63. The summed E-state index contributed by atoms with van der Waals surface area (Å²) in [5.74, 6) is -2.08. The first kappa shape index (κ1) is 13.9. The second-order valence-electron chi connectivity index (χ2n) is 3.03. The number of hydrogen-bond donors (Lipinski definition) is 2. The number of aliphatic hydroxyl groups excluding tert-OH is 2. The normalized spacial score (nSPS) is 14.1. The van der Waals surface area contributed by atoms with Gasteiger partial charge >= 0.3 is 11.9 Å². The summed E-state index contributed by atoms with van der Waals surface area (Å²) in [6.45, 7) is 3.35. The largest absolute Gasteiger partial charge is 0.383 e. The topological polar surface area (TPSA) is 93.1 Å². The molecule has 2 unspecified atom stereocenters. The standard InChI is InChI=1S/C9H16O6/c1-3-5-7(11)9(13)15-14-8(12)6(10)4-2/h6-7,10-11H,3-5H2,1-2H3. The Morgan fingerprint density at radius 1 is 1.07 bits per heavy atom. The number of aliphatic hydroxyl groups is 2. The minimum absolute atomic E-state index is 0.161. The van der Waals surface area contributed by atoms with Crippen LogP contribution in [0.2, 0.25) is 0 Å². The van der Waals surface area contributed by atoms with Gasteiger partial charge in [0, 0.05) is 0 Å². The van der Waals surface area contributed by atoms with Crippen molar-refractivity contribution < 1.29 is 29.6 Å². The molecule has 15 heavy (non-hydrogen) atoms. The van der Waals surface area contributed by atoms with Crippen LogP contribution < -0.4 is 0 Å². The van der Waals surface area contributed by atoms with E-state index in [0.29, 0.717) is 6.42 Å². The van der Waals surface area contributed by atoms with Crippen LogP contribution >= 0.6 is 0 Å². The van der Waals surface area contributed by atoms with E-state index in [4.69, 9.17) is 10.2 Å². The van der Waals surface area contributed by atoms with E-state index < -0.39 is 24.1 Å². The highest BCUT2D eigenvalue weighted by molar-refractivity contribution is 5.77. The zero-order valence-corrected chi connectivity index (χ0v) is 8.80.